The van der Waals surface area contributed by atoms with Crippen molar-refractivity contribution in [1.82, 2.24) is 9.55 Å². The summed E-state index contributed by atoms with van der Waals surface area (Å²) < 4.78 is 41.3. The molecule has 0 saturated heterocycles. The summed E-state index contributed by atoms with van der Waals surface area (Å²) in [5.74, 6) is 1.25. The smallest absolute Gasteiger partial charge is 0.327 e. The maximum absolute atomic E-state index is 13.1. The molecule has 0 fully saturated rings. The van der Waals surface area contributed by atoms with E-state index in [2.05, 4.69) is 30.3 Å². The number of nitrogens with zero attached hydrogens (tertiary/aromatic N) is 2. The Bertz CT molecular complexity index is 879. The van der Waals surface area contributed by atoms with E-state index in [0.717, 1.165) is 42.0 Å². The SMILES string of the molecule is CCC(c1ccccc1)c1nc2cc(C(F)(F)F)ccc2n1CC(C)C. The highest BCUT2D eigenvalue weighted by atomic mass is 19.4. The van der Waals surface area contributed by atoms with Gasteiger partial charge >= 0.3 is 6.18 Å². The van der Waals surface area contributed by atoms with Gasteiger partial charge in [0.25, 0.3) is 0 Å². The maximum Gasteiger partial charge on any atom is 0.416 e. The molecule has 1 atom stereocenters. The normalized spacial score (nSPS) is 13.5. The van der Waals surface area contributed by atoms with E-state index in [1.165, 1.54) is 0 Å². The van der Waals surface area contributed by atoms with E-state index < -0.39 is 11.7 Å². The van der Waals surface area contributed by atoms with Gasteiger partial charge in [-0.1, -0.05) is 51.1 Å². The summed E-state index contributed by atoms with van der Waals surface area (Å²) in [6, 6.07) is 13.9. The molecule has 0 spiro atoms. The Labute approximate surface area is 151 Å². The molecule has 0 aliphatic heterocycles. The third kappa shape index (κ3) is 3.62. The largest absolute Gasteiger partial charge is 0.416 e. The van der Waals surface area contributed by atoms with E-state index in [0.29, 0.717) is 11.4 Å². The first kappa shape index (κ1) is 18.5. The Balaban J connectivity index is 2.19. The minimum Gasteiger partial charge on any atom is -0.327 e. The molecule has 3 aromatic rings. The van der Waals surface area contributed by atoms with Gasteiger partial charge in [-0.05, 0) is 36.1 Å². The number of aromatic nitrogens is 2. The molecule has 2 nitrogen and oxygen atoms in total. The molecule has 5 heteroatoms. The van der Waals surface area contributed by atoms with Crippen LogP contribution in [0.5, 0.6) is 0 Å². The van der Waals surface area contributed by atoms with Crippen molar-refractivity contribution < 1.29 is 13.2 Å². The summed E-state index contributed by atoms with van der Waals surface area (Å²) in [5.41, 5.74) is 1.64. The lowest BCUT2D eigenvalue weighted by molar-refractivity contribution is -0.137. The number of imidazole rings is 1. The summed E-state index contributed by atoms with van der Waals surface area (Å²) in [4.78, 5) is 4.65. The second-order valence-electron chi connectivity index (χ2n) is 7.05. The van der Waals surface area contributed by atoms with Gasteiger partial charge in [0.1, 0.15) is 5.82 Å². The molecule has 0 saturated carbocycles. The second kappa shape index (κ2) is 7.14. The fraction of sp³-hybridized carbons (Fsp3) is 0.381. The molecule has 0 aliphatic carbocycles. The highest BCUT2D eigenvalue weighted by molar-refractivity contribution is 5.77. The van der Waals surface area contributed by atoms with Crippen LogP contribution in [-0.4, -0.2) is 9.55 Å². The number of hydrogen-bond donors (Lipinski definition) is 0. The Kier molecular flexibility index (Phi) is 5.08. The van der Waals surface area contributed by atoms with Crippen LogP contribution >= 0.6 is 0 Å². The molecule has 0 N–H and O–H groups in total. The van der Waals surface area contributed by atoms with E-state index in [9.17, 15) is 13.2 Å². The van der Waals surface area contributed by atoms with Crippen LogP contribution in [0, 0.1) is 5.92 Å². The summed E-state index contributed by atoms with van der Waals surface area (Å²) in [5, 5.41) is 0. The minimum atomic E-state index is -4.36. The van der Waals surface area contributed by atoms with Crippen LogP contribution < -0.4 is 0 Å². The number of rotatable bonds is 5. The second-order valence-corrected chi connectivity index (χ2v) is 7.05. The van der Waals surface area contributed by atoms with Gasteiger partial charge in [-0.15, -0.1) is 0 Å². The lowest BCUT2D eigenvalue weighted by Gasteiger charge is -2.19. The summed E-state index contributed by atoms with van der Waals surface area (Å²) in [7, 11) is 0. The van der Waals surface area contributed by atoms with Gasteiger partial charge in [-0.2, -0.15) is 13.2 Å². The Morgan fingerprint density at radius 2 is 1.73 bits per heavy atom. The van der Waals surface area contributed by atoms with Crippen LogP contribution in [0.3, 0.4) is 0 Å². The van der Waals surface area contributed by atoms with Crippen LogP contribution in [0.2, 0.25) is 0 Å². The van der Waals surface area contributed by atoms with Gasteiger partial charge in [0.05, 0.1) is 16.6 Å². The van der Waals surface area contributed by atoms with Crippen LogP contribution in [-0.2, 0) is 12.7 Å². The van der Waals surface area contributed by atoms with E-state index in [-0.39, 0.29) is 5.92 Å². The molecule has 0 amide bonds. The topological polar surface area (TPSA) is 17.8 Å². The average Bonchev–Trinajstić information content (AvgIpc) is 2.93. The van der Waals surface area contributed by atoms with Crippen LogP contribution in [0.25, 0.3) is 11.0 Å². The van der Waals surface area contributed by atoms with Gasteiger partial charge in [0.15, 0.2) is 0 Å². The predicted molar refractivity (Wildman–Crippen MR) is 98.1 cm³/mol. The molecular formula is C21H23F3N2. The Hall–Kier alpha value is -2.30. The number of alkyl halides is 3. The van der Waals surface area contributed by atoms with Crippen LogP contribution in [0.1, 0.15) is 50.1 Å². The molecule has 0 aliphatic rings. The van der Waals surface area contributed by atoms with Gasteiger partial charge in [0, 0.05) is 12.5 Å². The fourth-order valence-corrected chi connectivity index (χ4v) is 3.40. The molecule has 3 rings (SSSR count). The summed E-state index contributed by atoms with van der Waals surface area (Å²) in [6.07, 6.45) is -3.53. The standard InChI is InChI=1S/C21H23F3N2/c1-4-17(15-8-6-5-7-9-15)20-25-18-12-16(21(22,23)24)10-11-19(18)26(20)13-14(2)3/h5-12,14,17H,4,13H2,1-3H3. The first-order valence-electron chi connectivity index (χ1n) is 8.93. The zero-order chi connectivity index (χ0) is 18.9. The van der Waals surface area contributed by atoms with E-state index in [1.54, 1.807) is 6.07 Å². The van der Waals surface area contributed by atoms with Crippen molar-refractivity contribution >= 4 is 11.0 Å². The monoisotopic (exact) mass is 360 g/mol. The lowest BCUT2D eigenvalue weighted by Crippen LogP contribution is -2.13. The quantitative estimate of drug-likeness (QED) is 0.525. The number of fused-ring (bicyclic) bond motifs is 1. The molecule has 2 aromatic carbocycles. The van der Waals surface area contributed by atoms with Gasteiger partial charge in [0.2, 0.25) is 0 Å². The molecule has 0 radical (unpaired) electrons. The highest BCUT2D eigenvalue weighted by Gasteiger charge is 2.31. The average molecular weight is 360 g/mol. The van der Waals surface area contributed by atoms with E-state index >= 15 is 0 Å². The highest BCUT2D eigenvalue weighted by Crippen LogP contribution is 2.34. The van der Waals surface area contributed by atoms with Crippen molar-refractivity contribution in [3.05, 3.63) is 65.5 Å². The maximum atomic E-state index is 13.1. The number of benzene rings is 2. The number of hydrogen-bond acceptors (Lipinski definition) is 1. The minimum absolute atomic E-state index is 0.0525. The van der Waals surface area contributed by atoms with Crippen molar-refractivity contribution in [3.63, 3.8) is 0 Å². The fourth-order valence-electron chi connectivity index (χ4n) is 3.40. The van der Waals surface area contributed by atoms with Crippen LogP contribution in [0.15, 0.2) is 48.5 Å². The Morgan fingerprint density at radius 3 is 2.31 bits per heavy atom. The molecule has 0 bridgehead atoms. The molecular weight excluding hydrogens is 337 g/mol. The van der Waals surface area contributed by atoms with Gasteiger partial charge in [-0.25, -0.2) is 4.98 Å². The van der Waals surface area contributed by atoms with Gasteiger partial charge in [-0.3, -0.25) is 0 Å². The number of halogens is 3. The molecule has 26 heavy (non-hydrogen) atoms. The molecule has 1 heterocycles. The van der Waals surface area contributed by atoms with Crippen molar-refractivity contribution in [2.75, 3.05) is 0 Å². The summed E-state index contributed by atoms with van der Waals surface area (Å²) >= 11 is 0. The zero-order valence-corrected chi connectivity index (χ0v) is 15.2. The van der Waals surface area contributed by atoms with Crippen molar-refractivity contribution in [2.45, 2.75) is 45.8 Å². The van der Waals surface area contributed by atoms with E-state index in [1.807, 2.05) is 30.3 Å². The molecule has 1 unspecified atom stereocenters. The zero-order valence-electron chi connectivity index (χ0n) is 15.2. The molecule has 138 valence electrons. The summed E-state index contributed by atoms with van der Waals surface area (Å²) in [6.45, 7) is 7.00. The Morgan fingerprint density at radius 1 is 1.04 bits per heavy atom. The predicted octanol–water partition coefficient (Wildman–Crippen LogP) is 6.25. The lowest BCUT2D eigenvalue weighted by atomic mass is 9.95. The first-order chi connectivity index (χ1) is 12.3. The third-order valence-corrected chi connectivity index (χ3v) is 4.57. The van der Waals surface area contributed by atoms with Crippen molar-refractivity contribution in [3.8, 4) is 0 Å². The van der Waals surface area contributed by atoms with Gasteiger partial charge < -0.3 is 4.57 Å². The van der Waals surface area contributed by atoms with E-state index in [4.69, 9.17) is 0 Å². The van der Waals surface area contributed by atoms with Crippen LogP contribution in [0.4, 0.5) is 13.2 Å². The third-order valence-electron chi connectivity index (χ3n) is 4.57. The molecule has 1 aromatic heterocycles. The van der Waals surface area contributed by atoms with Crippen molar-refractivity contribution in [1.29, 1.82) is 0 Å². The first-order valence-corrected chi connectivity index (χ1v) is 8.93. The van der Waals surface area contributed by atoms with Crippen molar-refractivity contribution in [2.24, 2.45) is 5.92 Å².